The second-order valence-electron chi connectivity index (χ2n) is 2.48. The van der Waals surface area contributed by atoms with Crippen molar-refractivity contribution in [1.29, 1.82) is 0 Å². The first-order valence-electron chi connectivity index (χ1n) is 4.27. The summed E-state index contributed by atoms with van der Waals surface area (Å²) in [5.74, 6) is 0. The predicted molar refractivity (Wildman–Crippen MR) is 50.5 cm³/mol. The molecule has 0 N–H and O–H groups in total. The Hall–Kier alpha value is -0.340. The topological polar surface area (TPSA) is 18.5 Å². The smallest absolute Gasteiger partial charge is 0.158 e. The molecule has 0 heterocycles. The molecular formula is C10H18O2. The van der Waals surface area contributed by atoms with Gasteiger partial charge >= 0.3 is 0 Å². The molecule has 0 bridgehead atoms. The van der Waals surface area contributed by atoms with Gasteiger partial charge in [-0.05, 0) is 6.42 Å². The summed E-state index contributed by atoms with van der Waals surface area (Å²) < 4.78 is 10.3. The van der Waals surface area contributed by atoms with Crippen LogP contribution in [-0.2, 0) is 9.47 Å². The molecule has 0 aromatic heterocycles. The molecule has 0 amide bonds. The molecule has 1 atom stereocenters. The van der Waals surface area contributed by atoms with Crippen molar-refractivity contribution >= 4 is 0 Å². The predicted octanol–water partition coefficient (Wildman–Crippen LogP) is 2.37. The van der Waals surface area contributed by atoms with Gasteiger partial charge in [0.05, 0.1) is 6.61 Å². The van der Waals surface area contributed by atoms with Crippen molar-refractivity contribution in [2.24, 2.45) is 0 Å². The van der Waals surface area contributed by atoms with Crippen molar-refractivity contribution < 1.29 is 9.47 Å². The molecule has 0 aliphatic heterocycles. The van der Waals surface area contributed by atoms with Crippen molar-refractivity contribution in [3.8, 4) is 0 Å². The molecule has 2 radical (unpaired) electrons. The molecule has 2 nitrogen and oxygen atoms in total. The summed E-state index contributed by atoms with van der Waals surface area (Å²) in [5, 5.41) is 0. The third-order valence-electron chi connectivity index (χ3n) is 1.35. The highest BCUT2D eigenvalue weighted by atomic mass is 16.7. The van der Waals surface area contributed by atoms with E-state index in [1.165, 1.54) is 0 Å². The van der Waals surface area contributed by atoms with Gasteiger partial charge in [0.2, 0.25) is 0 Å². The van der Waals surface area contributed by atoms with Gasteiger partial charge in [-0.3, -0.25) is 0 Å². The van der Waals surface area contributed by atoms with Gasteiger partial charge in [0.15, 0.2) is 6.29 Å². The minimum atomic E-state index is -0.368. The minimum absolute atomic E-state index is 0.368. The molecule has 0 aromatic rings. The van der Waals surface area contributed by atoms with E-state index in [4.69, 9.17) is 9.47 Å². The molecule has 0 saturated carbocycles. The molecule has 0 saturated heterocycles. The van der Waals surface area contributed by atoms with Crippen LogP contribution in [0.3, 0.4) is 0 Å². The normalized spacial score (nSPS) is 12.8. The molecule has 0 aliphatic rings. The summed E-state index contributed by atoms with van der Waals surface area (Å²) in [4.78, 5) is 0. The molecule has 0 fully saturated rings. The molecule has 2 heteroatoms. The fraction of sp³-hybridized carbons (Fsp3) is 0.600. The van der Waals surface area contributed by atoms with Gasteiger partial charge in [-0.1, -0.05) is 25.8 Å². The first-order valence-corrected chi connectivity index (χ1v) is 4.27. The second kappa shape index (κ2) is 8.75. The second-order valence-corrected chi connectivity index (χ2v) is 2.48. The third kappa shape index (κ3) is 7.76. The Labute approximate surface area is 75.6 Å². The summed E-state index contributed by atoms with van der Waals surface area (Å²) in [5.41, 5.74) is 0. The lowest BCUT2D eigenvalue weighted by Gasteiger charge is -2.11. The van der Waals surface area contributed by atoms with E-state index in [2.05, 4.69) is 20.4 Å². The van der Waals surface area contributed by atoms with E-state index in [0.29, 0.717) is 13.2 Å². The Morgan fingerprint density at radius 1 is 1.25 bits per heavy atom. The fourth-order valence-corrected chi connectivity index (χ4v) is 0.717. The average Bonchev–Trinajstić information content (AvgIpc) is 2.09. The lowest BCUT2D eigenvalue weighted by atomic mass is 10.3. The van der Waals surface area contributed by atoms with Crippen LogP contribution in [0.2, 0.25) is 0 Å². The van der Waals surface area contributed by atoms with Crippen LogP contribution in [0.4, 0.5) is 0 Å². The monoisotopic (exact) mass is 170 g/mol. The Bertz CT molecular complexity index is 102. The van der Waals surface area contributed by atoms with Gasteiger partial charge in [-0.25, -0.2) is 0 Å². The zero-order valence-corrected chi connectivity index (χ0v) is 7.63. The van der Waals surface area contributed by atoms with E-state index in [-0.39, 0.29) is 6.29 Å². The van der Waals surface area contributed by atoms with E-state index in [1.807, 2.05) is 0 Å². The Balaban J connectivity index is 3.07. The third-order valence-corrected chi connectivity index (χ3v) is 1.35. The summed E-state index contributed by atoms with van der Waals surface area (Å²) in [7, 11) is 0. The van der Waals surface area contributed by atoms with E-state index >= 15 is 0 Å². The summed E-state index contributed by atoms with van der Waals surface area (Å²) in [6.07, 6.45) is 4.38. The molecule has 0 aromatic carbocycles. The molecular weight excluding hydrogens is 152 g/mol. The Morgan fingerprint density at radius 3 is 2.58 bits per heavy atom. The van der Waals surface area contributed by atoms with Crippen molar-refractivity contribution in [2.45, 2.75) is 25.6 Å². The van der Waals surface area contributed by atoms with E-state index in [0.717, 1.165) is 19.3 Å². The maximum Gasteiger partial charge on any atom is 0.158 e. The number of hydrogen-bond acceptors (Lipinski definition) is 2. The van der Waals surface area contributed by atoms with Crippen molar-refractivity contribution in [2.75, 3.05) is 13.2 Å². The van der Waals surface area contributed by atoms with Gasteiger partial charge in [-0.2, -0.15) is 0 Å². The highest BCUT2D eigenvalue weighted by Gasteiger charge is 1.98. The Kier molecular flexibility index (Phi) is 8.51. The quantitative estimate of drug-likeness (QED) is 0.316. The fourth-order valence-electron chi connectivity index (χ4n) is 0.717. The van der Waals surface area contributed by atoms with Gasteiger partial charge in [-0.15, -0.1) is 6.58 Å². The minimum Gasteiger partial charge on any atom is -0.353 e. The largest absolute Gasteiger partial charge is 0.353 e. The molecule has 1 unspecified atom stereocenters. The lowest BCUT2D eigenvalue weighted by Crippen LogP contribution is -2.14. The van der Waals surface area contributed by atoms with Crippen LogP contribution in [0.15, 0.2) is 12.7 Å². The highest BCUT2D eigenvalue weighted by molar-refractivity contribution is 4.64. The van der Waals surface area contributed by atoms with E-state index < -0.39 is 0 Å². The van der Waals surface area contributed by atoms with Crippen LogP contribution in [0.5, 0.6) is 0 Å². The van der Waals surface area contributed by atoms with Crippen LogP contribution in [-0.4, -0.2) is 19.5 Å². The first kappa shape index (κ1) is 11.7. The summed E-state index contributed by atoms with van der Waals surface area (Å²) >= 11 is 0. The van der Waals surface area contributed by atoms with Crippen LogP contribution in [0.1, 0.15) is 19.3 Å². The standard InChI is InChI=1S/C10H18O2/c1-4-6-7-9-12-10(3)11-8-5-2/h5,10H,1-4,6-9H2. The van der Waals surface area contributed by atoms with Gasteiger partial charge < -0.3 is 9.47 Å². The zero-order chi connectivity index (χ0) is 9.23. The van der Waals surface area contributed by atoms with Gasteiger partial charge in [0.1, 0.15) is 0 Å². The van der Waals surface area contributed by atoms with Crippen LogP contribution < -0.4 is 0 Å². The molecule has 0 spiro atoms. The molecule has 70 valence electrons. The van der Waals surface area contributed by atoms with E-state index in [9.17, 15) is 0 Å². The van der Waals surface area contributed by atoms with Crippen LogP contribution >= 0.6 is 0 Å². The van der Waals surface area contributed by atoms with Crippen molar-refractivity contribution in [3.05, 3.63) is 26.5 Å². The zero-order valence-electron chi connectivity index (χ0n) is 7.63. The van der Waals surface area contributed by atoms with Gasteiger partial charge in [0.25, 0.3) is 0 Å². The number of unbranched alkanes of at least 4 members (excludes halogenated alkanes) is 2. The number of ether oxygens (including phenoxy) is 2. The summed E-state index contributed by atoms with van der Waals surface area (Å²) in [6, 6.07) is 0. The van der Waals surface area contributed by atoms with Crippen molar-refractivity contribution in [3.63, 3.8) is 0 Å². The average molecular weight is 170 g/mol. The lowest BCUT2D eigenvalue weighted by molar-refractivity contribution is -0.105. The maximum absolute atomic E-state index is 5.24. The molecule has 12 heavy (non-hydrogen) atoms. The highest BCUT2D eigenvalue weighted by Crippen LogP contribution is 1.98. The van der Waals surface area contributed by atoms with Crippen LogP contribution in [0, 0.1) is 13.8 Å². The van der Waals surface area contributed by atoms with Crippen molar-refractivity contribution in [1.82, 2.24) is 0 Å². The maximum atomic E-state index is 5.24. The number of rotatable bonds is 8. The first-order chi connectivity index (χ1) is 5.81. The van der Waals surface area contributed by atoms with Crippen LogP contribution in [0.25, 0.3) is 0 Å². The number of hydrogen-bond donors (Lipinski definition) is 0. The summed E-state index contributed by atoms with van der Waals surface area (Å²) in [6.45, 7) is 12.1. The van der Waals surface area contributed by atoms with E-state index in [1.54, 1.807) is 6.08 Å². The molecule has 0 aliphatic carbocycles. The van der Waals surface area contributed by atoms with Gasteiger partial charge in [0, 0.05) is 13.5 Å². The molecule has 0 rings (SSSR count). The Morgan fingerprint density at radius 2 is 2.00 bits per heavy atom. The SMILES string of the molecule is [CH2]CCCCOC([CH2])OCC=C.